The lowest BCUT2D eigenvalue weighted by Crippen LogP contribution is -2.09. The summed E-state index contributed by atoms with van der Waals surface area (Å²) in [6.07, 6.45) is 4.29. The Morgan fingerprint density at radius 3 is 2.37 bits per heavy atom. The Bertz CT molecular complexity index is 594. The lowest BCUT2D eigenvalue weighted by molar-refractivity contribution is -0.111. The molecule has 0 saturated carbocycles. The highest BCUT2D eigenvalue weighted by molar-refractivity contribution is 6.38. The summed E-state index contributed by atoms with van der Waals surface area (Å²) in [5.41, 5.74) is 1.12. The van der Waals surface area contributed by atoms with Gasteiger partial charge >= 0.3 is 0 Å². The van der Waals surface area contributed by atoms with Gasteiger partial charge in [0.05, 0.1) is 0 Å². The van der Waals surface area contributed by atoms with Gasteiger partial charge in [-0.05, 0) is 11.6 Å². The Morgan fingerprint density at radius 1 is 1.11 bits per heavy atom. The minimum Gasteiger partial charge on any atom is -0.317 e. The number of hydrogen-bond donors (Lipinski definition) is 1. The molecule has 96 valence electrons. The van der Waals surface area contributed by atoms with Gasteiger partial charge in [-0.2, -0.15) is 0 Å². The van der Waals surface area contributed by atoms with Crippen LogP contribution in [0, 0.1) is 0 Å². The lowest BCUT2D eigenvalue weighted by atomic mass is 10.2. The normalized spacial score (nSPS) is 10.6. The van der Waals surface area contributed by atoms with Crippen molar-refractivity contribution in [3.63, 3.8) is 0 Å². The van der Waals surface area contributed by atoms with Gasteiger partial charge in [-0.3, -0.25) is 4.79 Å². The largest absolute Gasteiger partial charge is 0.317 e. The number of nitrogens with one attached hydrogen (secondary N) is 1. The van der Waals surface area contributed by atoms with Crippen LogP contribution in [-0.4, -0.2) is 15.9 Å². The highest BCUT2D eigenvalue weighted by Crippen LogP contribution is 2.25. The van der Waals surface area contributed by atoms with Crippen LogP contribution in [0.15, 0.2) is 42.7 Å². The topological polar surface area (TPSA) is 54.9 Å². The van der Waals surface area contributed by atoms with Gasteiger partial charge < -0.3 is 5.32 Å². The molecule has 1 amide bonds. The number of hydrogen-bond acceptors (Lipinski definition) is 3. The molecule has 0 aliphatic rings. The summed E-state index contributed by atoms with van der Waals surface area (Å²) in [7, 11) is 0. The number of carbonyl (C=O) groups excluding carboxylic acids is 1. The molecule has 0 fully saturated rings. The molecular weight excluding hydrogens is 285 g/mol. The van der Waals surface area contributed by atoms with Gasteiger partial charge in [0.25, 0.3) is 0 Å². The van der Waals surface area contributed by atoms with Gasteiger partial charge in [0.2, 0.25) is 5.91 Å². The predicted octanol–water partition coefficient (Wildman–Crippen LogP) is 3.44. The van der Waals surface area contributed by atoms with Gasteiger partial charge in [-0.25, -0.2) is 9.97 Å². The maximum Gasteiger partial charge on any atom is 0.248 e. The first-order valence-electron chi connectivity index (χ1n) is 5.37. The zero-order valence-electron chi connectivity index (χ0n) is 9.68. The van der Waals surface area contributed by atoms with Crippen LogP contribution in [0.1, 0.15) is 5.56 Å². The van der Waals surface area contributed by atoms with E-state index in [-0.39, 0.29) is 21.9 Å². The van der Waals surface area contributed by atoms with Crippen molar-refractivity contribution in [2.24, 2.45) is 0 Å². The van der Waals surface area contributed by atoms with Crippen LogP contribution in [0.4, 0.5) is 5.69 Å². The summed E-state index contributed by atoms with van der Waals surface area (Å²) in [5, 5.41) is 2.73. The van der Waals surface area contributed by atoms with E-state index in [2.05, 4.69) is 15.3 Å². The second-order valence-corrected chi connectivity index (χ2v) is 4.28. The maximum absolute atomic E-state index is 11.7. The number of rotatable bonds is 3. The zero-order chi connectivity index (χ0) is 13.7. The number of nitrogens with zero attached hydrogens (tertiary/aromatic N) is 2. The lowest BCUT2D eigenvalue weighted by Gasteiger charge is -2.04. The van der Waals surface area contributed by atoms with Crippen molar-refractivity contribution in [2.45, 2.75) is 0 Å². The second-order valence-electron chi connectivity index (χ2n) is 3.56. The van der Waals surface area contributed by atoms with Gasteiger partial charge in [0, 0.05) is 6.08 Å². The molecule has 0 spiro atoms. The first kappa shape index (κ1) is 13.5. The molecule has 1 aromatic carbocycles. The number of anilines is 1. The molecule has 0 unspecified atom stereocenters. The first-order chi connectivity index (χ1) is 9.16. The molecule has 1 aromatic heterocycles. The third-order valence-electron chi connectivity index (χ3n) is 2.23. The molecule has 0 bridgehead atoms. The maximum atomic E-state index is 11.7. The first-order valence-corrected chi connectivity index (χ1v) is 6.12. The molecule has 6 heteroatoms. The Hall–Kier alpha value is -1.91. The number of benzene rings is 1. The molecular formula is C13H9Cl2N3O. The molecule has 1 N–H and O–H groups in total. The van der Waals surface area contributed by atoms with Crippen LogP contribution >= 0.6 is 23.2 Å². The van der Waals surface area contributed by atoms with Crippen molar-refractivity contribution in [1.82, 2.24) is 9.97 Å². The van der Waals surface area contributed by atoms with E-state index in [0.717, 1.165) is 5.56 Å². The van der Waals surface area contributed by atoms with Gasteiger partial charge in [-0.1, -0.05) is 53.5 Å². The van der Waals surface area contributed by atoms with Gasteiger partial charge in [0.1, 0.15) is 12.0 Å². The van der Waals surface area contributed by atoms with E-state index in [1.807, 2.05) is 30.3 Å². The second kappa shape index (κ2) is 6.31. The Morgan fingerprint density at radius 2 is 1.74 bits per heavy atom. The van der Waals surface area contributed by atoms with E-state index in [0.29, 0.717) is 0 Å². The van der Waals surface area contributed by atoms with Crippen molar-refractivity contribution >= 4 is 40.9 Å². The minimum absolute atomic E-state index is 0.0986. The molecule has 19 heavy (non-hydrogen) atoms. The van der Waals surface area contributed by atoms with Crippen LogP contribution in [0.25, 0.3) is 6.08 Å². The Balaban J connectivity index is 2.08. The van der Waals surface area contributed by atoms with E-state index < -0.39 is 0 Å². The van der Waals surface area contributed by atoms with E-state index in [1.165, 1.54) is 12.4 Å². The van der Waals surface area contributed by atoms with E-state index in [9.17, 15) is 4.79 Å². The number of carbonyl (C=O) groups is 1. The fourth-order valence-corrected chi connectivity index (χ4v) is 1.76. The smallest absolute Gasteiger partial charge is 0.248 e. The average molecular weight is 294 g/mol. The third kappa shape index (κ3) is 3.77. The van der Waals surface area contributed by atoms with E-state index >= 15 is 0 Å². The summed E-state index contributed by atoms with van der Waals surface area (Å²) in [5.74, 6) is -0.359. The summed E-state index contributed by atoms with van der Waals surface area (Å²) < 4.78 is 0. The van der Waals surface area contributed by atoms with Crippen LogP contribution < -0.4 is 5.32 Å². The molecule has 0 saturated heterocycles. The SMILES string of the molecule is O=C(/C=C/c1ccccc1)Nc1c(Cl)ncnc1Cl. The molecule has 1 heterocycles. The summed E-state index contributed by atoms with van der Waals surface area (Å²) in [6, 6.07) is 9.44. The van der Waals surface area contributed by atoms with E-state index in [4.69, 9.17) is 23.2 Å². The van der Waals surface area contributed by atoms with Crippen molar-refractivity contribution < 1.29 is 4.79 Å². The fourth-order valence-electron chi connectivity index (χ4n) is 1.35. The zero-order valence-corrected chi connectivity index (χ0v) is 11.2. The standard InChI is InChI=1S/C13H9Cl2N3O/c14-12-11(13(15)17-8-16-12)18-10(19)7-6-9-4-2-1-3-5-9/h1-8H,(H,18,19)/b7-6+. The third-order valence-corrected chi connectivity index (χ3v) is 2.80. The minimum atomic E-state index is -0.359. The Labute approximate surface area is 120 Å². The molecule has 4 nitrogen and oxygen atoms in total. The molecule has 2 rings (SSSR count). The highest BCUT2D eigenvalue weighted by atomic mass is 35.5. The monoisotopic (exact) mass is 293 g/mol. The van der Waals surface area contributed by atoms with Crippen molar-refractivity contribution in [3.8, 4) is 0 Å². The van der Waals surface area contributed by atoms with E-state index in [1.54, 1.807) is 6.08 Å². The highest BCUT2D eigenvalue weighted by Gasteiger charge is 2.09. The van der Waals surface area contributed by atoms with Crippen LogP contribution in [0.5, 0.6) is 0 Å². The van der Waals surface area contributed by atoms with Crippen molar-refractivity contribution in [2.75, 3.05) is 5.32 Å². The summed E-state index contributed by atoms with van der Waals surface area (Å²) in [6.45, 7) is 0. The van der Waals surface area contributed by atoms with Gasteiger partial charge in [-0.15, -0.1) is 0 Å². The predicted molar refractivity (Wildman–Crippen MR) is 76.2 cm³/mol. The quantitative estimate of drug-likeness (QED) is 0.697. The van der Waals surface area contributed by atoms with Crippen LogP contribution in [0.2, 0.25) is 10.3 Å². The van der Waals surface area contributed by atoms with Crippen molar-refractivity contribution in [3.05, 3.63) is 58.6 Å². The summed E-state index contributed by atoms with van der Waals surface area (Å²) in [4.78, 5) is 19.2. The molecule has 0 radical (unpaired) electrons. The molecule has 0 aliphatic carbocycles. The van der Waals surface area contributed by atoms with Crippen molar-refractivity contribution in [1.29, 1.82) is 0 Å². The van der Waals surface area contributed by atoms with Crippen LogP contribution in [-0.2, 0) is 4.79 Å². The Kier molecular flexibility index (Phi) is 4.49. The van der Waals surface area contributed by atoms with Crippen LogP contribution in [0.3, 0.4) is 0 Å². The number of halogens is 2. The fraction of sp³-hybridized carbons (Fsp3) is 0. The molecule has 0 atom stereocenters. The average Bonchev–Trinajstić information content (AvgIpc) is 2.42. The number of amides is 1. The van der Waals surface area contributed by atoms with Gasteiger partial charge in [0.15, 0.2) is 10.3 Å². The molecule has 2 aromatic rings. The number of aromatic nitrogens is 2. The molecule has 0 aliphatic heterocycles. The summed E-state index contributed by atoms with van der Waals surface area (Å²) >= 11 is 11.6.